The molecular weight excluding hydrogens is 270 g/mol. The van der Waals surface area contributed by atoms with Gasteiger partial charge in [-0.1, -0.05) is 24.9 Å². The van der Waals surface area contributed by atoms with Crippen LogP contribution in [-0.4, -0.2) is 21.4 Å². The molecule has 104 valence electrons. The summed E-state index contributed by atoms with van der Waals surface area (Å²) in [5.74, 6) is -0.519. The summed E-state index contributed by atoms with van der Waals surface area (Å²) in [6.07, 6.45) is 2.94. The van der Waals surface area contributed by atoms with Crippen LogP contribution in [0.4, 0.5) is 5.69 Å². The van der Waals surface area contributed by atoms with Crippen LogP contribution in [-0.2, 0) is 0 Å². The zero-order valence-electron chi connectivity index (χ0n) is 11.1. The first kappa shape index (κ1) is 15.4. The van der Waals surface area contributed by atoms with E-state index >= 15 is 0 Å². The summed E-state index contributed by atoms with van der Waals surface area (Å²) in [5, 5.41) is 13.4. The maximum absolute atomic E-state index is 12.1. The molecule has 7 heteroatoms. The Hall–Kier alpha value is -1.69. The Balaban J connectivity index is 3.07. The largest absolute Gasteiger partial charge is 0.347 e. The van der Waals surface area contributed by atoms with Crippen LogP contribution in [0.15, 0.2) is 12.3 Å². The van der Waals surface area contributed by atoms with Crippen molar-refractivity contribution in [3.8, 4) is 0 Å². The van der Waals surface area contributed by atoms with Crippen molar-refractivity contribution in [2.45, 2.75) is 39.2 Å². The molecule has 1 aromatic rings. The van der Waals surface area contributed by atoms with Gasteiger partial charge < -0.3 is 5.32 Å². The minimum Gasteiger partial charge on any atom is -0.347 e. The van der Waals surface area contributed by atoms with Crippen molar-refractivity contribution in [1.29, 1.82) is 0 Å². The van der Waals surface area contributed by atoms with Crippen molar-refractivity contribution in [3.63, 3.8) is 0 Å². The molecule has 1 N–H and O–H groups in total. The lowest BCUT2D eigenvalue weighted by Gasteiger charge is -2.25. The van der Waals surface area contributed by atoms with Gasteiger partial charge in [0.2, 0.25) is 5.15 Å². The fraction of sp³-hybridized carbons (Fsp3) is 0.500. The standard InChI is InChI=1S/C12H16ClN3O3/c1-4-6-12(2,3)15-11(17)8-5-7-14-10(13)9(8)16(18)19/h5,7H,4,6H2,1-3H3,(H,15,17). The second kappa shape index (κ2) is 5.97. The maximum atomic E-state index is 12.1. The van der Waals surface area contributed by atoms with Crippen molar-refractivity contribution in [2.24, 2.45) is 0 Å². The molecule has 0 fully saturated rings. The number of aromatic nitrogens is 1. The minimum absolute atomic E-state index is 0.0748. The third-order valence-electron chi connectivity index (χ3n) is 2.63. The average Bonchev–Trinajstić information content (AvgIpc) is 2.27. The number of hydrogen-bond acceptors (Lipinski definition) is 4. The highest BCUT2D eigenvalue weighted by Gasteiger charge is 2.28. The normalized spacial score (nSPS) is 11.2. The molecule has 0 aromatic carbocycles. The number of carbonyl (C=O) groups is 1. The number of amides is 1. The predicted octanol–water partition coefficient (Wildman–Crippen LogP) is 2.95. The van der Waals surface area contributed by atoms with Crippen LogP contribution in [0.3, 0.4) is 0 Å². The topological polar surface area (TPSA) is 85.1 Å². The Labute approximate surface area is 116 Å². The van der Waals surface area contributed by atoms with E-state index in [0.29, 0.717) is 0 Å². The van der Waals surface area contributed by atoms with E-state index in [2.05, 4.69) is 10.3 Å². The molecule has 1 aromatic heterocycles. The van der Waals surface area contributed by atoms with Crippen molar-refractivity contribution < 1.29 is 9.72 Å². The van der Waals surface area contributed by atoms with Gasteiger partial charge in [-0.2, -0.15) is 0 Å². The zero-order valence-corrected chi connectivity index (χ0v) is 11.8. The van der Waals surface area contributed by atoms with Gasteiger partial charge in [0.15, 0.2) is 0 Å². The Morgan fingerprint density at radius 1 is 1.58 bits per heavy atom. The van der Waals surface area contributed by atoms with E-state index in [-0.39, 0.29) is 10.7 Å². The summed E-state index contributed by atoms with van der Waals surface area (Å²) in [6, 6.07) is 1.29. The van der Waals surface area contributed by atoms with Crippen LogP contribution in [0.1, 0.15) is 44.0 Å². The summed E-state index contributed by atoms with van der Waals surface area (Å²) < 4.78 is 0. The quantitative estimate of drug-likeness (QED) is 0.512. The monoisotopic (exact) mass is 285 g/mol. The Morgan fingerprint density at radius 2 is 2.21 bits per heavy atom. The summed E-state index contributed by atoms with van der Waals surface area (Å²) >= 11 is 5.67. The number of rotatable bonds is 5. The van der Waals surface area contributed by atoms with E-state index in [1.54, 1.807) is 0 Å². The molecule has 0 atom stereocenters. The number of nitrogens with zero attached hydrogens (tertiary/aromatic N) is 2. The summed E-state index contributed by atoms with van der Waals surface area (Å²) in [7, 11) is 0. The van der Waals surface area contributed by atoms with E-state index in [9.17, 15) is 14.9 Å². The van der Waals surface area contributed by atoms with Gasteiger partial charge in [-0.15, -0.1) is 0 Å². The molecule has 6 nitrogen and oxygen atoms in total. The molecule has 0 aliphatic carbocycles. The lowest BCUT2D eigenvalue weighted by molar-refractivity contribution is -0.385. The first-order chi connectivity index (χ1) is 8.78. The molecule has 1 amide bonds. The highest BCUT2D eigenvalue weighted by molar-refractivity contribution is 6.32. The lowest BCUT2D eigenvalue weighted by Crippen LogP contribution is -2.43. The zero-order chi connectivity index (χ0) is 14.6. The van der Waals surface area contributed by atoms with Gasteiger partial charge in [0.1, 0.15) is 5.56 Å². The molecule has 1 rings (SSSR count). The van der Waals surface area contributed by atoms with E-state index < -0.39 is 22.1 Å². The van der Waals surface area contributed by atoms with Crippen molar-refractivity contribution in [3.05, 3.63) is 33.1 Å². The Kier molecular flexibility index (Phi) is 4.83. The number of carbonyl (C=O) groups excluding carboxylic acids is 1. The number of pyridine rings is 1. The highest BCUT2D eigenvalue weighted by Crippen LogP contribution is 2.26. The van der Waals surface area contributed by atoms with Crippen molar-refractivity contribution >= 4 is 23.2 Å². The van der Waals surface area contributed by atoms with Crippen molar-refractivity contribution in [1.82, 2.24) is 10.3 Å². The van der Waals surface area contributed by atoms with E-state index in [4.69, 9.17) is 11.6 Å². The molecule has 0 aliphatic heterocycles. The Morgan fingerprint density at radius 3 is 2.74 bits per heavy atom. The molecule has 1 heterocycles. The van der Waals surface area contributed by atoms with E-state index in [1.165, 1.54) is 12.3 Å². The first-order valence-electron chi connectivity index (χ1n) is 5.90. The summed E-state index contributed by atoms with van der Waals surface area (Å²) in [6.45, 7) is 5.73. The molecule has 0 spiro atoms. The van der Waals surface area contributed by atoms with Gasteiger partial charge >= 0.3 is 5.69 Å². The fourth-order valence-corrected chi connectivity index (χ4v) is 2.07. The van der Waals surface area contributed by atoms with Crippen LogP contribution in [0.25, 0.3) is 0 Å². The molecule has 0 saturated heterocycles. The maximum Gasteiger partial charge on any atom is 0.319 e. The van der Waals surface area contributed by atoms with Gasteiger partial charge in [-0.05, 0) is 26.3 Å². The second-order valence-electron chi connectivity index (χ2n) is 4.84. The second-order valence-corrected chi connectivity index (χ2v) is 5.20. The smallest absolute Gasteiger partial charge is 0.319 e. The van der Waals surface area contributed by atoms with E-state index in [1.807, 2.05) is 20.8 Å². The molecule has 0 bridgehead atoms. The number of nitro groups is 1. The van der Waals surface area contributed by atoms with Gasteiger partial charge in [0, 0.05) is 11.7 Å². The highest BCUT2D eigenvalue weighted by atomic mass is 35.5. The third kappa shape index (κ3) is 3.89. The Bertz CT molecular complexity index is 503. The van der Waals surface area contributed by atoms with Gasteiger partial charge in [0.25, 0.3) is 5.91 Å². The molecule has 0 radical (unpaired) electrons. The minimum atomic E-state index is -0.697. The molecular formula is C12H16ClN3O3. The summed E-state index contributed by atoms with van der Waals surface area (Å²) in [4.78, 5) is 26.0. The fourth-order valence-electron chi connectivity index (χ4n) is 1.85. The molecule has 0 aliphatic rings. The number of hydrogen-bond donors (Lipinski definition) is 1. The van der Waals surface area contributed by atoms with Crippen LogP contribution >= 0.6 is 11.6 Å². The molecule has 19 heavy (non-hydrogen) atoms. The third-order valence-corrected chi connectivity index (χ3v) is 2.91. The van der Waals surface area contributed by atoms with Crippen LogP contribution < -0.4 is 5.32 Å². The average molecular weight is 286 g/mol. The van der Waals surface area contributed by atoms with Crippen LogP contribution in [0.5, 0.6) is 0 Å². The molecule has 0 saturated carbocycles. The molecule has 0 unspecified atom stereocenters. The van der Waals surface area contributed by atoms with E-state index in [0.717, 1.165) is 12.8 Å². The number of halogens is 1. The first-order valence-corrected chi connectivity index (χ1v) is 6.27. The van der Waals surface area contributed by atoms with Gasteiger partial charge in [-0.25, -0.2) is 4.98 Å². The predicted molar refractivity (Wildman–Crippen MR) is 72.4 cm³/mol. The van der Waals surface area contributed by atoms with Crippen LogP contribution in [0.2, 0.25) is 5.15 Å². The van der Waals surface area contributed by atoms with Gasteiger partial charge in [0.05, 0.1) is 4.92 Å². The van der Waals surface area contributed by atoms with Crippen LogP contribution in [0, 0.1) is 10.1 Å². The number of nitrogens with one attached hydrogen (secondary N) is 1. The lowest BCUT2D eigenvalue weighted by atomic mass is 9.98. The summed E-state index contributed by atoms with van der Waals surface area (Å²) in [5.41, 5.74) is -0.974. The SMILES string of the molecule is CCCC(C)(C)NC(=O)c1ccnc(Cl)c1[N+](=O)[O-]. The van der Waals surface area contributed by atoms with Crippen molar-refractivity contribution in [2.75, 3.05) is 0 Å². The van der Waals surface area contributed by atoms with Gasteiger partial charge in [-0.3, -0.25) is 14.9 Å².